The van der Waals surface area contributed by atoms with Crippen LogP contribution < -0.4 is 5.73 Å². The summed E-state index contributed by atoms with van der Waals surface area (Å²) < 4.78 is 0. The zero-order valence-corrected chi connectivity index (χ0v) is 9.79. The molecule has 2 N–H and O–H groups in total. The Balaban J connectivity index is 3.94. The maximum atomic E-state index is 5.74. The van der Waals surface area contributed by atoms with Crippen LogP contribution in [0.15, 0.2) is 0 Å². The van der Waals surface area contributed by atoms with Crippen LogP contribution in [0.1, 0.15) is 27.2 Å². The van der Waals surface area contributed by atoms with Gasteiger partial charge in [0.2, 0.25) is 0 Å². The Hall–Kier alpha value is -0.520. The molecular weight excluding hydrogens is 172 g/mol. The van der Waals surface area contributed by atoms with Crippen molar-refractivity contribution in [2.24, 2.45) is 17.6 Å². The highest BCUT2D eigenvalue weighted by molar-refractivity contribution is 4.88. The fourth-order valence-electron chi connectivity index (χ4n) is 1.71. The molecule has 0 heterocycles. The number of terminal acetylenes is 1. The van der Waals surface area contributed by atoms with Crippen molar-refractivity contribution in [1.82, 2.24) is 4.90 Å². The lowest BCUT2D eigenvalue weighted by atomic mass is 9.96. The molecule has 0 aromatic heterocycles. The molecule has 0 aromatic rings. The van der Waals surface area contributed by atoms with Gasteiger partial charge in [0, 0.05) is 6.54 Å². The molecule has 0 amide bonds. The van der Waals surface area contributed by atoms with Crippen molar-refractivity contribution in [3.05, 3.63) is 0 Å². The molecule has 0 aromatic carbocycles. The minimum atomic E-state index is 0.586. The summed E-state index contributed by atoms with van der Waals surface area (Å²) in [5.74, 6) is 3.99. The summed E-state index contributed by atoms with van der Waals surface area (Å²) in [5, 5.41) is 0. The van der Waals surface area contributed by atoms with Crippen molar-refractivity contribution in [3.8, 4) is 12.3 Å². The minimum Gasteiger partial charge on any atom is -0.330 e. The maximum Gasteiger partial charge on any atom is 0.0598 e. The van der Waals surface area contributed by atoms with E-state index < -0.39 is 0 Å². The Labute approximate surface area is 88.9 Å². The van der Waals surface area contributed by atoms with Gasteiger partial charge >= 0.3 is 0 Å². The van der Waals surface area contributed by atoms with Gasteiger partial charge in [-0.2, -0.15) is 0 Å². The van der Waals surface area contributed by atoms with Crippen LogP contribution in [0.25, 0.3) is 0 Å². The van der Waals surface area contributed by atoms with Crippen LogP contribution in [-0.2, 0) is 0 Å². The van der Waals surface area contributed by atoms with E-state index in [0.29, 0.717) is 11.8 Å². The molecule has 2 heteroatoms. The van der Waals surface area contributed by atoms with Crippen LogP contribution in [0.3, 0.4) is 0 Å². The van der Waals surface area contributed by atoms with E-state index in [9.17, 15) is 0 Å². The van der Waals surface area contributed by atoms with Crippen molar-refractivity contribution in [3.63, 3.8) is 0 Å². The van der Waals surface area contributed by atoms with Crippen molar-refractivity contribution >= 4 is 0 Å². The number of nitrogens with two attached hydrogens (primary N) is 1. The van der Waals surface area contributed by atoms with Crippen LogP contribution in [0.4, 0.5) is 0 Å². The highest BCUT2D eigenvalue weighted by Crippen LogP contribution is 2.11. The summed E-state index contributed by atoms with van der Waals surface area (Å²) in [4.78, 5) is 2.28. The normalized spacial score (nSPS) is 13.2. The fraction of sp³-hybridized carbons (Fsp3) is 0.833. The molecule has 0 radical (unpaired) electrons. The molecule has 0 aliphatic carbocycles. The lowest BCUT2D eigenvalue weighted by Gasteiger charge is -2.24. The highest BCUT2D eigenvalue weighted by Gasteiger charge is 2.12. The zero-order chi connectivity index (χ0) is 11.0. The molecular formula is C12H24N2. The van der Waals surface area contributed by atoms with Crippen molar-refractivity contribution in [1.29, 1.82) is 0 Å². The lowest BCUT2D eigenvalue weighted by Crippen LogP contribution is -2.33. The van der Waals surface area contributed by atoms with Crippen molar-refractivity contribution in [2.75, 3.05) is 26.2 Å². The summed E-state index contributed by atoms with van der Waals surface area (Å²) in [6, 6.07) is 0. The topological polar surface area (TPSA) is 29.3 Å². The standard InChI is InChI=1S/C12H24N2/c1-5-7-14(6-2)10-12(9-13)8-11(3)4/h1,11-12H,6-10,13H2,2-4H3. The highest BCUT2D eigenvalue weighted by atomic mass is 15.1. The number of hydrogen-bond acceptors (Lipinski definition) is 2. The maximum absolute atomic E-state index is 5.74. The smallest absolute Gasteiger partial charge is 0.0598 e. The monoisotopic (exact) mass is 196 g/mol. The summed E-state index contributed by atoms with van der Waals surface area (Å²) in [6.07, 6.45) is 6.49. The van der Waals surface area contributed by atoms with Crippen LogP contribution in [0, 0.1) is 24.2 Å². The Bertz CT molecular complexity index is 170. The molecule has 1 unspecified atom stereocenters. The lowest BCUT2D eigenvalue weighted by molar-refractivity contribution is 0.248. The molecule has 2 nitrogen and oxygen atoms in total. The number of nitrogens with zero attached hydrogens (tertiary/aromatic N) is 1. The largest absolute Gasteiger partial charge is 0.330 e. The average molecular weight is 196 g/mol. The predicted molar refractivity (Wildman–Crippen MR) is 62.9 cm³/mol. The molecule has 0 saturated heterocycles. The van der Waals surface area contributed by atoms with Gasteiger partial charge in [0.05, 0.1) is 6.54 Å². The number of hydrogen-bond donors (Lipinski definition) is 1. The van der Waals surface area contributed by atoms with Crippen LogP contribution in [-0.4, -0.2) is 31.1 Å². The summed E-state index contributed by atoms with van der Waals surface area (Å²) in [7, 11) is 0. The second kappa shape index (κ2) is 7.84. The van der Waals surface area contributed by atoms with E-state index in [2.05, 4.69) is 31.6 Å². The van der Waals surface area contributed by atoms with E-state index in [4.69, 9.17) is 12.2 Å². The third-order valence-corrected chi connectivity index (χ3v) is 2.42. The molecule has 0 fully saturated rings. The average Bonchev–Trinajstić information content (AvgIpc) is 2.15. The van der Waals surface area contributed by atoms with Crippen LogP contribution in [0.5, 0.6) is 0 Å². The SMILES string of the molecule is C#CCN(CC)CC(CN)CC(C)C. The summed E-state index contributed by atoms with van der Waals surface area (Å²) in [6.45, 7) is 10.2. The van der Waals surface area contributed by atoms with E-state index >= 15 is 0 Å². The van der Waals surface area contributed by atoms with E-state index in [-0.39, 0.29) is 0 Å². The molecule has 0 saturated carbocycles. The van der Waals surface area contributed by atoms with E-state index in [0.717, 1.165) is 26.2 Å². The Morgan fingerprint density at radius 2 is 2.07 bits per heavy atom. The quantitative estimate of drug-likeness (QED) is 0.626. The molecule has 0 aliphatic rings. The first-order chi connectivity index (χ1) is 6.63. The van der Waals surface area contributed by atoms with Gasteiger partial charge in [0.15, 0.2) is 0 Å². The predicted octanol–water partition coefficient (Wildman–Crippen LogP) is 1.56. The second-order valence-corrected chi connectivity index (χ2v) is 4.26. The Morgan fingerprint density at radius 1 is 1.43 bits per heavy atom. The molecule has 1 atom stereocenters. The molecule has 0 spiro atoms. The van der Waals surface area contributed by atoms with E-state index in [1.54, 1.807) is 0 Å². The molecule has 0 aliphatic heterocycles. The van der Waals surface area contributed by atoms with Crippen molar-refractivity contribution in [2.45, 2.75) is 27.2 Å². The van der Waals surface area contributed by atoms with E-state index in [1.165, 1.54) is 6.42 Å². The Kier molecular flexibility index (Phi) is 7.55. The van der Waals surface area contributed by atoms with Gasteiger partial charge in [-0.15, -0.1) is 6.42 Å². The second-order valence-electron chi connectivity index (χ2n) is 4.26. The molecule has 14 heavy (non-hydrogen) atoms. The summed E-state index contributed by atoms with van der Waals surface area (Å²) in [5.41, 5.74) is 5.74. The van der Waals surface area contributed by atoms with Crippen LogP contribution >= 0.6 is 0 Å². The third kappa shape index (κ3) is 6.01. The zero-order valence-electron chi connectivity index (χ0n) is 9.79. The fourth-order valence-corrected chi connectivity index (χ4v) is 1.71. The Morgan fingerprint density at radius 3 is 2.43 bits per heavy atom. The van der Waals surface area contributed by atoms with Crippen LogP contribution in [0.2, 0.25) is 0 Å². The third-order valence-electron chi connectivity index (χ3n) is 2.42. The van der Waals surface area contributed by atoms with Gasteiger partial charge in [-0.05, 0) is 31.3 Å². The first kappa shape index (κ1) is 13.5. The molecule has 82 valence electrons. The first-order valence-electron chi connectivity index (χ1n) is 5.49. The van der Waals surface area contributed by atoms with Crippen molar-refractivity contribution < 1.29 is 0 Å². The molecule has 0 rings (SSSR count). The summed E-state index contributed by atoms with van der Waals surface area (Å²) >= 11 is 0. The number of rotatable bonds is 7. The van der Waals surface area contributed by atoms with E-state index in [1.807, 2.05) is 0 Å². The van der Waals surface area contributed by atoms with Gasteiger partial charge in [-0.3, -0.25) is 4.90 Å². The van der Waals surface area contributed by atoms with Gasteiger partial charge in [-0.25, -0.2) is 0 Å². The van der Waals surface area contributed by atoms with Gasteiger partial charge < -0.3 is 5.73 Å². The first-order valence-corrected chi connectivity index (χ1v) is 5.49. The molecule has 0 bridgehead atoms. The van der Waals surface area contributed by atoms with Gasteiger partial charge in [-0.1, -0.05) is 26.7 Å². The van der Waals surface area contributed by atoms with Gasteiger partial charge in [0.1, 0.15) is 0 Å². The minimum absolute atomic E-state index is 0.586. The van der Waals surface area contributed by atoms with Gasteiger partial charge in [0.25, 0.3) is 0 Å².